The third kappa shape index (κ3) is 2.97. The van der Waals surface area contributed by atoms with Gasteiger partial charge in [-0.05, 0) is 29.8 Å². The van der Waals surface area contributed by atoms with E-state index < -0.39 is 0 Å². The zero-order valence-corrected chi connectivity index (χ0v) is 14.2. The lowest BCUT2D eigenvalue weighted by Crippen LogP contribution is -2.11. The maximum absolute atomic E-state index is 13.7. The molecule has 0 amide bonds. The molecule has 0 unspecified atom stereocenters. The predicted molar refractivity (Wildman–Crippen MR) is 100 cm³/mol. The lowest BCUT2D eigenvalue weighted by molar-refractivity contribution is 0.613. The Hall–Kier alpha value is -3.41. The van der Waals surface area contributed by atoms with E-state index in [9.17, 15) is 9.18 Å². The highest BCUT2D eigenvalue weighted by molar-refractivity contribution is 5.82. The SMILES string of the molecule is Cn1c(=O)[nH]c2ccc(-c3cncc(NCc4ccccc4F)c3)cc21. The van der Waals surface area contributed by atoms with E-state index in [0.717, 1.165) is 27.8 Å². The van der Waals surface area contributed by atoms with Gasteiger partial charge in [-0.25, -0.2) is 9.18 Å². The van der Waals surface area contributed by atoms with Crippen molar-refractivity contribution in [1.29, 1.82) is 0 Å². The predicted octanol–water partition coefficient (Wildman–Crippen LogP) is 3.68. The van der Waals surface area contributed by atoms with Crippen LogP contribution in [-0.2, 0) is 13.6 Å². The van der Waals surface area contributed by atoms with Crippen LogP contribution in [0, 0.1) is 5.82 Å². The Morgan fingerprint density at radius 2 is 1.96 bits per heavy atom. The van der Waals surface area contributed by atoms with Gasteiger partial charge in [0.05, 0.1) is 16.7 Å². The van der Waals surface area contributed by atoms with Crippen LogP contribution < -0.4 is 11.0 Å². The van der Waals surface area contributed by atoms with E-state index in [-0.39, 0.29) is 11.5 Å². The van der Waals surface area contributed by atoms with Crippen molar-refractivity contribution in [3.8, 4) is 11.1 Å². The largest absolute Gasteiger partial charge is 0.380 e. The topological polar surface area (TPSA) is 62.7 Å². The van der Waals surface area contributed by atoms with E-state index in [0.29, 0.717) is 12.1 Å². The van der Waals surface area contributed by atoms with Crippen molar-refractivity contribution in [1.82, 2.24) is 14.5 Å². The van der Waals surface area contributed by atoms with Crippen LogP contribution in [0.15, 0.2) is 65.7 Å². The second-order valence-corrected chi connectivity index (χ2v) is 6.13. The number of aromatic amines is 1. The molecule has 0 aliphatic carbocycles. The second-order valence-electron chi connectivity index (χ2n) is 6.13. The van der Waals surface area contributed by atoms with Gasteiger partial charge >= 0.3 is 5.69 Å². The number of aromatic nitrogens is 3. The normalized spacial score (nSPS) is 11.0. The number of nitrogens with zero attached hydrogens (tertiary/aromatic N) is 2. The van der Waals surface area contributed by atoms with E-state index in [4.69, 9.17) is 0 Å². The Balaban J connectivity index is 1.62. The van der Waals surface area contributed by atoms with Gasteiger partial charge in [0.25, 0.3) is 0 Å². The van der Waals surface area contributed by atoms with Crippen LogP contribution in [0.3, 0.4) is 0 Å². The van der Waals surface area contributed by atoms with Gasteiger partial charge in [0.2, 0.25) is 0 Å². The number of H-pyrrole nitrogens is 1. The molecule has 6 heteroatoms. The van der Waals surface area contributed by atoms with Crippen LogP contribution in [0.4, 0.5) is 10.1 Å². The maximum Gasteiger partial charge on any atom is 0.326 e. The zero-order chi connectivity index (χ0) is 18.1. The average Bonchev–Trinajstić information content (AvgIpc) is 2.95. The standard InChI is InChI=1S/C20H17FN4O/c1-25-19-9-13(6-7-18(19)24-20(25)26)15-8-16(12-22-10-15)23-11-14-4-2-3-5-17(14)21/h2-10,12,23H,11H2,1H3,(H,24,26). The fraction of sp³-hybridized carbons (Fsp3) is 0.100. The third-order valence-corrected chi connectivity index (χ3v) is 4.42. The molecule has 0 fully saturated rings. The average molecular weight is 348 g/mol. The summed E-state index contributed by atoms with van der Waals surface area (Å²) in [6.45, 7) is 0.378. The molecule has 2 N–H and O–H groups in total. The Bertz CT molecular complexity index is 1150. The number of hydrogen-bond donors (Lipinski definition) is 2. The molecule has 0 saturated heterocycles. The van der Waals surface area contributed by atoms with E-state index in [1.807, 2.05) is 30.3 Å². The second kappa shape index (κ2) is 6.48. The lowest BCUT2D eigenvalue weighted by atomic mass is 10.1. The van der Waals surface area contributed by atoms with Crippen LogP contribution >= 0.6 is 0 Å². The molecule has 2 aromatic carbocycles. The first-order valence-electron chi connectivity index (χ1n) is 8.23. The molecule has 0 atom stereocenters. The minimum atomic E-state index is -0.233. The number of hydrogen-bond acceptors (Lipinski definition) is 3. The lowest BCUT2D eigenvalue weighted by Gasteiger charge is -2.09. The molecular weight excluding hydrogens is 331 g/mol. The van der Waals surface area contributed by atoms with Crippen LogP contribution in [0.5, 0.6) is 0 Å². The van der Waals surface area contributed by atoms with Crippen molar-refractivity contribution in [3.05, 3.63) is 82.8 Å². The van der Waals surface area contributed by atoms with Gasteiger partial charge in [-0.3, -0.25) is 9.55 Å². The quantitative estimate of drug-likeness (QED) is 0.591. The minimum absolute atomic E-state index is 0.143. The summed E-state index contributed by atoms with van der Waals surface area (Å²) in [4.78, 5) is 18.8. The highest BCUT2D eigenvalue weighted by Gasteiger charge is 2.07. The zero-order valence-electron chi connectivity index (χ0n) is 14.2. The van der Waals surface area contributed by atoms with Crippen molar-refractivity contribution in [2.45, 2.75) is 6.54 Å². The molecule has 0 bridgehead atoms. The molecule has 2 aromatic heterocycles. The number of fused-ring (bicyclic) bond motifs is 1. The Morgan fingerprint density at radius 3 is 2.81 bits per heavy atom. The van der Waals surface area contributed by atoms with E-state index in [1.165, 1.54) is 6.07 Å². The first-order valence-corrected chi connectivity index (χ1v) is 8.23. The smallest absolute Gasteiger partial charge is 0.326 e. The summed E-state index contributed by atoms with van der Waals surface area (Å²) in [5.41, 5.74) is 4.75. The number of halogens is 1. The highest BCUT2D eigenvalue weighted by atomic mass is 19.1. The summed E-state index contributed by atoms with van der Waals surface area (Å²) in [7, 11) is 1.73. The Morgan fingerprint density at radius 1 is 1.12 bits per heavy atom. The first kappa shape index (κ1) is 16.1. The van der Waals surface area contributed by atoms with Crippen molar-refractivity contribution in [3.63, 3.8) is 0 Å². The van der Waals surface area contributed by atoms with Gasteiger partial charge in [-0.2, -0.15) is 0 Å². The monoisotopic (exact) mass is 348 g/mol. The number of anilines is 1. The van der Waals surface area contributed by atoms with Gasteiger partial charge < -0.3 is 10.3 Å². The molecule has 26 heavy (non-hydrogen) atoms. The summed E-state index contributed by atoms with van der Waals surface area (Å²) < 4.78 is 15.3. The van der Waals surface area contributed by atoms with Crippen LogP contribution in [0.1, 0.15) is 5.56 Å². The van der Waals surface area contributed by atoms with Crippen molar-refractivity contribution in [2.24, 2.45) is 7.05 Å². The third-order valence-electron chi connectivity index (χ3n) is 4.42. The van der Waals surface area contributed by atoms with E-state index >= 15 is 0 Å². The molecule has 0 saturated carbocycles. The number of nitrogens with one attached hydrogen (secondary N) is 2. The molecule has 4 rings (SSSR count). The first-order chi connectivity index (χ1) is 12.6. The van der Waals surface area contributed by atoms with Crippen LogP contribution in [-0.4, -0.2) is 14.5 Å². The molecule has 0 spiro atoms. The van der Waals surface area contributed by atoms with Crippen LogP contribution in [0.25, 0.3) is 22.2 Å². The maximum atomic E-state index is 13.7. The highest BCUT2D eigenvalue weighted by Crippen LogP contribution is 2.25. The molecule has 0 radical (unpaired) electrons. The number of imidazole rings is 1. The molecule has 130 valence electrons. The summed E-state index contributed by atoms with van der Waals surface area (Å²) >= 11 is 0. The van der Waals surface area contributed by atoms with Gasteiger partial charge in [-0.1, -0.05) is 24.3 Å². The summed E-state index contributed by atoms with van der Waals surface area (Å²) in [6, 6.07) is 14.4. The molecule has 0 aliphatic heterocycles. The Labute approximate surface area is 149 Å². The fourth-order valence-corrected chi connectivity index (χ4v) is 2.94. The molecule has 0 aliphatic rings. The fourth-order valence-electron chi connectivity index (χ4n) is 2.94. The van der Waals surface area contributed by atoms with E-state index in [2.05, 4.69) is 15.3 Å². The van der Waals surface area contributed by atoms with Crippen molar-refractivity contribution < 1.29 is 4.39 Å². The van der Waals surface area contributed by atoms with Gasteiger partial charge in [0.1, 0.15) is 5.82 Å². The number of benzene rings is 2. The number of rotatable bonds is 4. The molecular formula is C20H17FN4O. The number of pyridine rings is 1. The number of aryl methyl sites for hydroxylation is 1. The molecule has 5 nitrogen and oxygen atoms in total. The van der Waals surface area contributed by atoms with Gasteiger partial charge in [-0.15, -0.1) is 0 Å². The van der Waals surface area contributed by atoms with Gasteiger partial charge in [0, 0.05) is 37.1 Å². The van der Waals surface area contributed by atoms with Crippen LogP contribution in [0.2, 0.25) is 0 Å². The molecule has 4 aromatic rings. The Kier molecular flexibility index (Phi) is 4.01. The minimum Gasteiger partial charge on any atom is -0.380 e. The van der Waals surface area contributed by atoms with Crippen molar-refractivity contribution in [2.75, 3.05) is 5.32 Å². The summed E-state index contributed by atoms with van der Waals surface area (Å²) in [5.74, 6) is -0.233. The summed E-state index contributed by atoms with van der Waals surface area (Å²) in [6.07, 6.45) is 3.47. The van der Waals surface area contributed by atoms with Crippen molar-refractivity contribution >= 4 is 16.7 Å². The summed E-state index contributed by atoms with van der Waals surface area (Å²) in [5, 5.41) is 3.20. The molecule has 2 heterocycles. The van der Waals surface area contributed by atoms with E-state index in [1.54, 1.807) is 36.1 Å². The van der Waals surface area contributed by atoms with Gasteiger partial charge in [0.15, 0.2) is 0 Å².